The van der Waals surface area contributed by atoms with Gasteiger partial charge in [-0.15, -0.1) is 0 Å². The summed E-state index contributed by atoms with van der Waals surface area (Å²) >= 11 is 0. The molecule has 2 atom stereocenters. The number of sulfonamides is 1. The fourth-order valence-corrected chi connectivity index (χ4v) is 5.99. The number of ether oxygens (including phenoxy) is 2. The molecule has 138 valence electrons. The third kappa shape index (κ3) is 3.17. The molecule has 2 aliphatic rings. The van der Waals surface area contributed by atoms with Crippen LogP contribution in [0.2, 0.25) is 0 Å². The molecule has 0 aliphatic carbocycles. The van der Waals surface area contributed by atoms with E-state index in [1.54, 1.807) is 41.0 Å². The molecule has 2 fully saturated rings. The summed E-state index contributed by atoms with van der Waals surface area (Å²) < 4.78 is 39.3. The number of hydrogen-bond donors (Lipinski definition) is 0. The van der Waals surface area contributed by atoms with Gasteiger partial charge in [-0.1, -0.05) is 6.07 Å². The standard InChI is InChI=1S/C19H22N2O4S/c1-24-16-4-2-6-19(12-16)26(22,23)21-14-7-8-15(21)11-18(10-14)25-17-5-3-9-20-13-17/h2-6,9,12-15,18H,7-8,10-11H2,1H3/t14-,15-/m0/s1. The van der Waals surface area contributed by atoms with Gasteiger partial charge in [0.2, 0.25) is 10.0 Å². The van der Waals surface area contributed by atoms with Crippen molar-refractivity contribution in [1.29, 1.82) is 0 Å². The zero-order chi connectivity index (χ0) is 18.1. The second-order valence-electron chi connectivity index (χ2n) is 6.80. The lowest BCUT2D eigenvalue weighted by atomic mass is 10.0. The number of fused-ring (bicyclic) bond motifs is 2. The molecule has 2 aromatic rings. The zero-order valence-corrected chi connectivity index (χ0v) is 15.4. The molecular weight excluding hydrogens is 352 g/mol. The lowest BCUT2D eigenvalue weighted by Crippen LogP contribution is -2.49. The summed E-state index contributed by atoms with van der Waals surface area (Å²) in [6.45, 7) is 0. The molecule has 0 amide bonds. The number of methoxy groups -OCH3 is 1. The van der Waals surface area contributed by atoms with E-state index in [0.717, 1.165) is 18.6 Å². The quantitative estimate of drug-likeness (QED) is 0.805. The van der Waals surface area contributed by atoms with Crippen LogP contribution in [0.15, 0.2) is 53.7 Å². The van der Waals surface area contributed by atoms with E-state index in [9.17, 15) is 8.42 Å². The van der Waals surface area contributed by atoms with Crippen molar-refractivity contribution in [2.45, 2.75) is 48.8 Å². The number of pyridine rings is 1. The molecular formula is C19H22N2O4S. The van der Waals surface area contributed by atoms with Crippen LogP contribution in [0, 0.1) is 0 Å². The van der Waals surface area contributed by atoms with Crippen molar-refractivity contribution in [2.24, 2.45) is 0 Å². The summed E-state index contributed by atoms with van der Waals surface area (Å²) in [5.41, 5.74) is 0. The minimum atomic E-state index is -3.54. The third-order valence-electron chi connectivity index (χ3n) is 5.18. The Hall–Kier alpha value is -2.12. The molecule has 6 nitrogen and oxygen atoms in total. The molecule has 4 rings (SSSR count). The monoisotopic (exact) mass is 374 g/mol. The van der Waals surface area contributed by atoms with Crippen molar-refractivity contribution in [3.63, 3.8) is 0 Å². The molecule has 0 radical (unpaired) electrons. The fourth-order valence-electron chi connectivity index (χ4n) is 4.07. The Bertz CT molecular complexity index is 858. The highest BCUT2D eigenvalue weighted by Crippen LogP contribution is 2.41. The Labute approximate surface area is 153 Å². The Morgan fingerprint density at radius 3 is 2.46 bits per heavy atom. The van der Waals surface area contributed by atoms with Crippen LogP contribution >= 0.6 is 0 Å². The summed E-state index contributed by atoms with van der Waals surface area (Å²) in [6, 6.07) is 10.4. The maximum Gasteiger partial charge on any atom is 0.243 e. The number of rotatable bonds is 5. The number of aromatic nitrogens is 1. The van der Waals surface area contributed by atoms with Gasteiger partial charge in [0, 0.05) is 37.2 Å². The average molecular weight is 374 g/mol. The first-order valence-corrected chi connectivity index (χ1v) is 10.3. The first kappa shape index (κ1) is 17.3. The molecule has 7 heteroatoms. The van der Waals surface area contributed by atoms with Crippen LogP contribution in [0.5, 0.6) is 11.5 Å². The Balaban J connectivity index is 1.54. The highest BCUT2D eigenvalue weighted by atomic mass is 32.2. The van der Waals surface area contributed by atoms with Crippen molar-refractivity contribution >= 4 is 10.0 Å². The van der Waals surface area contributed by atoms with E-state index >= 15 is 0 Å². The lowest BCUT2D eigenvalue weighted by Gasteiger charge is -2.37. The van der Waals surface area contributed by atoms with Gasteiger partial charge in [0.25, 0.3) is 0 Å². The van der Waals surface area contributed by atoms with Gasteiger partial charge in [-0.05, 0) is 37.1 Å². The molecule has 2 saturated heterocycles. The van der Waals surface area contributed by atoms with Gasteiger partial charge in [-0.2, -0.15) is 4.31 Å². The molecule has 1 aromatic carbocycles. The first-order chi connectivity index (χ1) is 12.6. The van der Waals surface area contributed by atoms with E-state index in [1.165, 1.54) is 7.11 Å². The van der Waals surface area contributed by atoms with Crippen molar-refractivity contribution in [1.82, 2.24) is 9.29 Å². The largest absolute Gasteiger partial charge is 0.497 e. The second-order valence-corrected chi connectivity index (χ2v) is 8.64. The lowest BCUT2D eigenvalue weighted by molar-refractivity contribution is 0.0953. The van der Waals surface area contributed by atoms with Crippen LogP contribution < -0.4 is 9.47 Å². The Morgan fingerprint density at radius 2 is 1.81 bits per heavy atom. The van der Waals surface area contributed by atoms with E-state index in [-0.39, 0.29) is 18.2 Å². The highest BCUT2D eigenvalue weighted by molar-refractivity contribution is 7.89. The summed E-state index contributed by atoms with van der Waals surface area (Å²) in [5.74, 6) is 1.29. The van der Waals surface area contributed by atoms with Gasteiger partial charge >= 0.3 is 0 Å². The van der Waals surface area contributed by atoms with Crippen molar-refractivity contribution < 1.29 is 17.9 Å². The molecule has 2 aliphatic heterocycles. The molecule has 26 heavy (non-hydrogen) atoms. The van der Waals surface area contributed by atoms with Crippen molar-refractivity contribution in [3.8, 4) is 11.5 Å². The van der Waals surface area contributed by atoms with E-state index in [2.05, 4.69) is 4.98 Å². The van der Waals surface area contributed by atoms with Crippen molar-refractivity contribution in [3.05, 3.63) is 48.8 Å². The second kappa shape index (κ2) is 6.89. The van der Waals surface area contributed by atoms with Crippen LogP contribution in [-0.2, 0) is 10.0 Å². The smallest absolute Gasteiger partial charge is 0.243 e. The Kier molecular flexibility index (Phi) is 4.58. The molecule has 0 saturated carbocycles. The predicted octanol–water partition coefficient (Wildman–Crippen LogP) is 2.85. The van der Waals surface area contributed by atoms with Gasteiger partial charge in [-0.25, -0.2) is 8.42 Å². The molecule has 0 N–H and O–H groups in total. The van der Waals surface area contributed by atoms with E-state index in [0.29, 0.717) is 23.5 Å². The van der Waals surface area contributed by atoms with Crippen LogP contribution in [0.25, 0.3) is 0 Å². The highest BCUT2D eigenvalue weighted by Gasteiger charge is 2.47. The minimum absolute atomic E-state index is 0.0216. The summed E-state index contributed by atoms with van der Waals surface area (Å²) in [4.78, 5) is 4.36. The topological polar surface area (TPSA) is 68.7 Å². The van der Waals surface area contributed by atoms with Crippen LogP contribution in [0.3, 0.4) is 0 Å². The third-order valence-corrected chi connectivity index (χ3v) is 7.18. The summed E-state index contributed by atoms with van der Waals surface area (Å²) in [5, 5.41) is 0. The van der Waals surface area contributed by atoms with Gasteiger partial charge < -0.3 is 9.47 Å². The molecule has 3 heterocycles. The maximum absolute atomic E-state index is 13.2. The van der Waals surface area contributed by atoms with Gasteiger partial charge in [0.15, 0.2) is 0 Å². The molecule has 2 bridgehead atoms. The predicted molar refractivity (Wildman–Crippen MR) is 96.7 cm³/mol. The average Bonchev–Trinajstić information content (AvgIpc) is 2.95. The van der Waals surface area contributed by atoms with Crippen LogP contribution in [0.1, 0.15) is 25.7 Å². The minimum Gasteiger partial charge on any atom is -0.497 e. The molecule has 0 unspecified atom stereocenters. The Morgan fingerprint density at radius 1 is 1.08 bits per heavy atom. The summed E-state index contributed by atoms with van der Waals surface area (Å²) in [7, 11) is -2.00. The first-order valence-electron chi connectivity index (χ1n) is 8.82. The number of piperidine rings is 1. The van der Waals surface area contributed by atoms with Gasteiger partial charge in [0.05, 0.1) is 18.2 Å². The number of nitrogens with zero attached hydrogens (tertiary/aromatic N) is 2. The fraction of sp³-hybridized carbons (Fsp3) is 0.421. The number of benzene rings is 1. The SMILES string of the molecule is COc1cccc(S(=O)(=O)N2[C@H]3CC[C@H]2CC(Oc2cccnc2)C3)c1. The maximum atomic E-state index is 13.2. The van der Waals surface area contributed by atoms with E-state index in [4.69, 9.17) is 9.47 Å². The summed E-state index contributed by atoms with van der Waals surface area (Å²) in [6.07, 6.45) is 6.58. The molecule has 1 aromatic heterocycles. The van der Waals surface area contributed by atoms with Crippen molar-refractivity contribution in [2.75, 3.05) is 7.11 Å². The van der Waals surface area contributed by atoms with Gasteiger partial charge in [0.1, 0.15) is 17.6 Å². The normalized spacial score (nSPS) is 25.8. The molecule has 0 spiro atoms. The van der Waals surface area contributed by atoms with Crippen LogP contribution in [-0.4, -0.2) is 43.0 Å². The van der Waals surface area contributed by atoms with Gasteiger partial charge in [-0.3, -0.25) is 4.98 Å². The number of hydrogen-bond acceptors (Lipinski definition) is 5. The van der Waals surface area contributed by atoms with Crippen LogP contribution in [0.4, 0.5) is 0 Å². The van der Waals surface area contributed by atoms with E-state index < -0.39 is 10.0 Å². The zero-order valence-electron chi connectivity index (χ0n) is 14.6. The van der Waals surface area contributed by atoms with E-state index in [1.807, 2.05) is 12.1 Å².